The van der Waals surface area contributed by atoms with Crippen molar-refractivity contribution in [3.63, 3.8) is 0 Å². The van der Waals surface area contributed by atoms with Crippen LogP contribution >= 0.6 is 0 Å². The van der Waals surface area contributed by atoms with Crippen LogP contribution in [0.4, 0.5) is 13.2 Å². The van der Waals surface area contributed by atoms with Gasteiger partial charge in [-0.3, -0.25) is 9.59 Å². The van der Waals surface area contributed by atoms with E-state index in [0.717, 1.165) is 0 Å². The molecule has 0 aliphatic carbocycles. The molecule has 0 aliphatic rings. The maximum atomic E-state index is 11.9. The second-order valence-corrected chi connectivity index (χ2v) is 3.15. The van der Waals surface area contributed by atoms with Gasteiger partial charge in [-0.05, 0) is 12.5 Å². The molecule has 0 fully saturated rings. The molecule has 0 amide bonds. The molecule has 1 rings (SSSR count). The molecule has 0 unspecified atom stereocenters. The van der Waals surface area contributed by atoms with Crippen LogP contribution < -0.4 is 0 Å². The Morgan fingerprint density at radius 1 is 1.38 bits per heavy atom. The highest BCUT2D eigenvalue weighted by Crippen LogP contribution is 2.20. The summed E-state index contributed by atoms with van der Waals surface area (Å²) in [6.45, 7) is 1.73. The molecule has 0 atom stereocenters. The van der Waals surface area contributed by atoms with Crippen LogP contribution in [0.2, 0.25) is 0 Å². The lowest BCUT2D eigenvalue weighted by molar-refractivity contribution is -0.170. The lowest BCUT2D eigenvalue weighted by atomic mass is 10.1. The standard InChI is InChI=1S/C10H9F3O3/c1-2-6-3-4-16-9(6)7(14)5-8(15)10(11,12)13/h3-4H,2,5H2,1H3. The summed E-state index contributed by atoms with van der Waals surface area (Å²) in [4.78, 5) is 21.9. The smallest absolute Gasteiger partial charge is 0.450 e. The molecule has 0 spiro atoms. The van der Waals surface area contributed by atoms with Crippen molar-refractivity contribution in [1.29, 1.82) is 0 Å². The van der Waals surface area contributed by atoms with Crippen molar-refractivity contribution in [1.82, 2.24) is 0 Å². The van der Waals surface area contributed by atoms with Gasteiger partial charge in [-0.2, -0.15) is 13.2 Å². The average molecular weight is 234 g/mol. The average Bonchev–Trinajstić information content (AvgIpc) is 2.63. The highest BCUT2D eigenvalue weighted by Gasteiger charge is 2.39. The molecule has 0 aromatic carbocycles. The van der Waals surface area contributed by atoms with E-state index < -0.39 is 24.2 Å². The Hall–Kier alpha value is -1.59. The van der Waals surface area contributed by atoms with Crippen molar-refractivity contribution >= 4 is 11.6 Å². The maximum absolute atomic E-state index is 11.9. The van der Waals surface area contributed by atoms with Crippen molar-refractivity contribution in [2.75, 3.05) is 0 Å². The van der Waals surface area contributed by atoms with Gasteiger partial charge in [0.05, 0.1) is 12.7 Å². The highest BCUT2D eigenvalue weighted by molar-refractivity contribution is 6.08. The SMILES string of the molecule is CCc1ccoc1C(=O)CC(=O)C(F)(F)F. The number of hydrogen-bond donors (Lipinski definition) is 0. The minimum atomic E-state index is -4.98. The molecule has 0 aliphatic heterocycles. The van der Waals surface area contributed by atoms with E-state index in [4.69, 9.17) is 4.42 Å². The molecule has 3 nitrogen and oxygen atoms in total. The number of furan rings is 1. The van der Waals surface area contributed by atoms with Crippen LogP contribution in [0.1, 0.15) is 29.5 Å². The number of carbonyl (C=O) groups is 2. The van der Waals surface area contributed by atoms with Crippen LogP contribution in [0.25, 0.3) is 0 Å². The maximum Gasteiger partial charge on any atom is 0.450 e. The number of alkyl halides is 3. The summed E-state index contributed by atoms with van der Waals surface area (Å²) in [5, 5.41) is 0. The van der Waals surface area contributed by atoms with Gasteiger partial charge in [-0.25, -0.2) is 0 Å². The summed E-state index contributed by atoms with van der Waals surface area (Å²) in [5.74, 6) is -3.17. The molecule has 0 N–H and O–H groups in total. The first-order valence-corrected chi connectivity index (χ1v) is 4.55. The number of ketones is 2. The van der Waals surface area contributed by atoms with Crippen LogP contribution in [0.3, 0.4) is 0 Å². The third kappa shape index (κ3) is 2.71. The molecule has 88 valence electrons. The Morgan fingerprint density at radius 2 is 2.00 bits per heavy atom. The van der Waals surface area contributed by atoms with Crippen molar-refractivity contribution in [3.8, 4) is 0 Å². The summed E-state index contributed by atoms with van der Waals surface area (Å²) in [5.41, 5.74) is 0.500. The van der Waals surface area contributed by atoms with E-state index in [1.165, 1.54) is 12.3 Å². The first-order valence-electron chi connectivity index (χ1n) is 4.55. The predicted octanol–water partition coefficient (Wildman–Crippen LogP) is 2.55. The molecule has 16 heavy (non-hydrogen) atoms. The minimum Gasteiger partial charge on any atom is -0.461 e. The van der Waals surface area contributed by atoms with Crippen molar-refractivity contribution < 1.29 is 27.2 Å². The monoisotopic (exact) mass is 234 g/mol. The Bertz CT molecular complexity index is 404. The van der Waals surface area contributed by atoms with E-state index in [0.29, 0.717) is 12.0 Å². The Balaban J connectivity index is 2.78. The zero-order valence-corrected chi connectivity index (χ0v) is 8.43. The quantitative estimate of drug-likeness (QED) is 0.594. The van der Waals surface area contributed by atoms with E-state index in [-0.39, 0.29) is 5.76 Å². The Labute approximate surface area is 89.2 Å². The van der Waals surface area contributed by atoms with Crippen LogP contribution in [0.5, 0.6) is 0 Å². The fraction of sp³-hybridized carbons (Fsp3) is 0.400. The molecule has 1 aromatic rings. The first-order chi connectivity index (χ1) is 7.36. The van der Waals surface area contributed by atoms with Crippen LogP contribution in [0, 0.1) is 0 Å². The third-order valence-corrected chi connectivity index (χ3v) is 2.02. The zero-order valence-electron chi connectivity index (χ0n) is 8.43. The second-order valence-electron chi connectivity index (χ2n) is 3.15. The van der Waals surface area contributed by atoms with Gasteiger partial charge in [0.2, 0.25) is 11.6 Å². The lowest BCUT2D eigenvalue weighted by Crippen LogP contribution is -2.25. The largest absolute Gasteiger partial charge is 0.461 e. The molecule has 0 saturated heterocycles. The van der Waals surface area contributed by atoms with E-state index >= 15 is 0 Å². The number of halogens is 3. The molecule has 1 heterocycles. The summed E-state index contributed by atoms with van der Waals surface area (Å²) in [6, 6.07) is 1.49. The second kappa shape index (κ2) is 4.51. The van der Waals surface area contributed by atoms with Crippen molar-refractivity contribution in [3.05, 3.63) is 23.7 Å². The molecule has 0 bridgehead atoms. The van der Waals surface area contributed by atoms with Gasteiger partial charge < -0.3 is 4.42 Å². The number of hydrogen-bond acceptors (Lipinski definition) is 3. The molecule has 6 heteroatoms. The predicted molar refractivity (Wildman–Crippen MR) is 48.1 cm³/mol. The van der Waals surface area contributed by atoms with E-state index in [1.54, 1.807) is 6.92 Å². The number of rotatable bonds is 4. The fourth-order valence-electron chi connectivity index (χ4n) is 1.19. The van der Waals surface area contributed by atoms with Gasteiger partial charge in [-0.1, -0.05) is 6.92 Å². The van der Waals surface area contributed by atoms with Gasteiger partial charge in [0.15, 0.2) is 5.76 Å². The lowest BCUT2D eigenvalue weighted by Gasteiger charge is -2.03. The highest BCUT2D eigenvalue weighted by atomic mass is 19.4. The summed E-state index contributed by atoms with van der Waals surface area (Å²) >= 11 is 0. The Kier molecular flexibility index (Phi) is 3.51. The first kappa shape index (κ1) is 12.5. The topological polar surface area (TPSA) is 47.3 Å². The minimum absolute atomic E-state index is 0.167. The van der Waals surface area contributed by atoms with Gasteiger partial charge >= 0.3 is 6.18 Å². The molecule has 1 aromatic heterocycles. The summed E-state index contributed by atoms with van der Waals surface area (Å²) in [6.07, 6.45) is -4.51. The summed E-state index contributed by atoms with van der Waals surface area (Å²) < 4.78 is 40.5. The van der Waals surface area contributed by atoms with Gasteiger partial charge in [-0.15, -0.1) is 0 Å². The van der Waals surface area contributed by atoms with E-state index in [2.05, 4.69) is 0 Å². The van der Waals surface area contributed by atoms with Crippen LogP contribution in [-0.2, 0) is 11.2 Å². The van der Waals surface area contributed by atoms with Gasteiger partial charge in [0.1, 0.15) is 0 Å². The zero-order chi connectivity index (χ0) is 12.3. The molecular formula is C10H9F3O3. The normalized spacial score (nSPS) is 11.5. The fourth-order valence-corrected chi connectivity index (χ4v) is 1.19. The van der Waals surface area contributed by atoms with Gasteiger partial charge in [0, 0.05) is 5.56 Å². The van der Waals surface area contributed by atoms with Gasteiger partial charge in [0.25, 0.3) is 0 Å². The number of Topliss-reactive ketones (excluding diaryl/α,β-unsaturated/α-hetero) is 2. The molecule has 0 radical (unpaired) electrons. The Morgan fingerprint density at radius 3 is 2.50 bits per heavy atom. The van der Waals surface area contributed by atoms with Crippen LogP contribution in [-0.4, -0.2) is 17.7 Å². The number of carbonyl (C=O) groups excluding carboxylic acids is 2. The summed E-state index contributed by atoms with van der Waals surface area (Å²) in [7, 11) is 0. The molecular weight excluding hydrogens is 225 g/mol. The molecule has 0 saturated carbocycles. The van der Waals surface area contributed by atoms with E-state index in [1.807, 2.05) is 0 Å². The van der Waals surface area contributed by atoms with Crippen molar-refractivity contribution in [2.45, 2.75) is 25.9 Å². The van der Waals surface area contributed by atoms with E-state index in [9.17, 15) is 22.8 Å². The number of aryl methyl sites for hydroxylation is 1. The van der Waals surface area contributed by atoms with Crippen LogP contribution in [0.15, 0.2) is 16.7 Å². The third-order valence-electron chi connectivity index (χ3n) is 2.02. The van der Waals surface area contributed by atoms with Crippen molar-refractivity contribution in [2.24, 2.45) is 0 Å².